The zero-order chi connectivity index (χ0) is 23.3. The molecule has 0 bridgehead atoms. The zero-order valence-electron chi connectivity index (χ0n) is 19.6. The van der Waals surface area contributed by atoms with Gasteiger partial charge in [-0.2, -0.15) is 0 Å². The number of hydrogen-bond acceptors (Lipinski definition) is 6. The maximum atomic E-state index is 13.2. The van der Waals surface area contributed by atoms with Gasteiger partial charge in [0.2, 0.25) is 5.75 Å². The average Bonchev–Trinajstić information content (AvgIpc) is 3.32. The second kappa shape index (κ2) is 10.3. The van der Waals surface area contributed by atoms with E-state index in [-0.39, 0.29) is 18.1 Å². The molecule has 2 aromatic carbocycles. The van der Waals surface area contributed by atoms with Gasteiger partial charge in [0.1, 0.15) is 11.5 Å². The summed E-state index contributed by atoms with van der Waals surface area (Å²) < 4.78 is 27.1. The van der Waals surface area contributed by atoms with E-state index in [4.69, 9.17) is 23.7 Å². The molecular formula is C24H32N2O6. The average molecular weight is 445 g/mol. The highest BCUT2D eigenvalue weighted by Crippen LogP contribution is 2.41. The fourth-order valence-electron chi connectivity index (χ4n) is 4.13. The van der Waals surface area contributed by atoms with E-state index in [1.54, 1.807) is 35.5 Å². The molecule has 174 valence electrons. The Kier molecular flexibility index (Phi) is 7.56. The van der Waals surface area contributed by atoms with E-state index < -0.39 is 0 Å². The molecule has 0 saturated carbocycles. The van der Waals surface area contributed by atoms with Crippen LogP contribution < -0.4 is 29.0 Å². The van der Waals surface area contributed by atoms with E-state index >= 15 is 0 Å². The van der Waals surface area contributed by atoms with E-state index in [1.807, 2.05) is 42.2 Å². The van der Waals surface area contributed by atoms with Crippen molar-refractivity contribution in [2.45, 2.75) is 31.8 Å². The molecule has 8 nitrogen and oxygen atoms in total. The van der Waals surface area contributed by atoms with Crippen LogP contribution in [0.4, 0.5) is 4.79 Å². The van der Waals surface area contributed by atoms with Crippen LogP contribution in [-0.2, 0) is 0 Å². The lowest BCUT2D eigenvalue weighted by molar-refractivity contribution is 0.188. The number of hydrogen-bond donors (Lipinski definition) is 1. The molecule has 0 aliphatic carbocycles. The number of likely N-dealkylation sites (tertiary alicyclic amines) is 1. The minimum absolute atomic E-state index is 0.0667. The first-order chi connectivity index (χ1) is 15.5. The number of urea groups is 1. The number of ether oxygens (including phenoxy) is 5. The number of methoxy groups -OCH3 is 5. The number of nitrogens with zero attached hydrogens (tertiary/aromatic N) is 1. The summed E-state index contributed by atoms with van der Waals surface area (Å²) in [5.74, 6) is 3.04. The van der Waals surface area contributed by atoms with E-state index in [2.05, 4.69) is 5.32 Å². The van der Waals surface area contributed by atoms with Gasteiger partial charge in [-0.15, -0.1) is 0 Å². The van der Waals surface area contributed by atoms with Gasteiger partial charge in [-0.25, -0.2) is 4.79 Å². The van der Waals surface area contributed by atoms with E-state index in [9.17, 15) is 4.79 Å². The standard InChI is InChI=1S/C24H32N2O6/c1-15(16-12-21(30-4)23(32-6)22(13-16)31-5)25-24(27)26-11-7-8-19(26)18-10-9-17(28-2)14-20(18)29-3/h9-10,12-15,19H,7-8,11H2,1-6H3,(H,25,27). The first kappa shape index (κ1) is 23.4. The van der Waals surface area contributed by atoms with Gasteiger partial charge in [-0.1, -0.05) is 0 Å². The van der Waals surface area contributed by atoms with Gasteiger partial charge >= 0.3 is 6.03 Å². The molecule has 0 spiro atoms. The number of carbonyl (C=O) groups excluding carboxylic acids is 1. The Morgan fingerprint density at radius 3 is 2.16 bits per heavy atom. The third-order valence-electron chi connectivity index (χ3n) is 5.84. The molecule has 0 aromatic heterocycles. The van der Waals surface area contributed by atoms with Crippen LogP contribution in [0.25, 0.3) is 0 Å². The molecule has 1 fully saturated rings. The molecular weight excluding hydrogens is 412 g/mol. The molecule has 2 amide bonds. The van der Waals surface area contributed by atoms with Crippen LogP contribution in [-0.4, -0.2) is 53.0 Å². The molecule has 1 aliphatic heterocycles. The monoisotopic (exact) mass is 444 g/mol. The first-order valence-corrected chi connectivity index (χ1v) is 10.6. The van der Waals surface area contributed by atoms with Gasteiger partial charge in [-0.05, 0) is 49.6 Å². The predicted octanol–water partition coefficient (Wildman–Crippen LogP) is 4.34. The van der Waals surface area contributed by atoms with Crippen molar-refractivity contribution in [1.29, 1.82) is 0 Å². The molecule has 3 rings (SSSR count). The van der Waals surface area contributed by atoms with Gasteiger partial charge in [-0.3, -0.25) is 0 Å². The maximum absolute atomic E-state index is 13.2. The Hall–Kier alpha value is -3.29. The topological polar surface area (TPSA) is 78.5 Å². The Balaban J connectivity index is 1.81. The van der Waals surface area contributed by atoms with Crippen molar-refractivity contribution in [3.63, 3.8) is 0 Å². The van der Waals surface area contributed by atoms with Crippen LogP contribution in [0.1, 0.15) is 43.0 Å². The number of nitrogens with one attached hydrogen (secondary N) is 1. The van der Waals surface area contributed by atoms with Crippen LogP contribution in [0.15, 0.2) is 30.3 Å². The fraction of sp³-hybridized carbons (Fsp3) is 0.458. The summed E-state index contributed by atoms with van der Waals surface area (Å²) >= 11 is 0. The molecule has 2 aromatic rings. The summed E-state index contributed by atoms with van der Waals surface area (Å²) in [4.78, 5) is 15.1. The highest BCUT2D eigenvalue weighted by atomic mass is 16.5. The molecule has 2 unspecified atom stereocenters. The summed E-state index contributed by atoms with van der Waals surface area (Å²) in [7, 11) is 7.95. The SMILES string of the molecule is COc1ccc(C2CCCN2C(=O)NC(C)c2cc(OC)c(OC)c(OC)c2)c(OC)c1. The summed E-state index contributed by atoms with van der Waals surface area (Å²) in [6.45, 7) is 2.60. The number of carbonyl (C=O) groups is 1. The zero-order valence-corrected chi connectivity index (χ0v) is 19.6. The summed E-state index contributed by atoms with van der Waals surface area (Å²) in [6.07, 6.45) is 1.79. The minimum atomic E-state index is -0.268. The number of benzene rings is 2. The van der Waals surface area contributed by atoms with E-state index in [0.717, 1.165) is 29.7 Å². The number of amides is 2. The van der Waals surface area contributed by atoms with Crippen molar-refractivity contribution >= 4 is 6.03 Å². The van der Waals surface area contributed by atoms with Crippen molar-refractivity contribution in [1.82, 2.24) is 10.2 Å². The maximum Gasteiger partial charge on any atom is 0.318 e. The van der Waals surface area contributed by atoms with Crippen LogP contribution in [0.2, 0.25) is 0 Å². The quantitative estimate of drug-likeness (QED) is 0.653. The smallest absolute Gasteiger partial charge is 0.318 e. The second-order valence-electron chi connectivity index (χ2n) is 7.59. The lowest BCUT2D eigenvalue weighted by Crippen LogP contribution is -2.40. The first-order valence-electron chi connectivity index (χ1n) is 10.6. The summed E-state index contributed by atoms with van der Waals surface area (Å²) in [6, 6.07) is 8.94. The third-order valence-corrected chi connectivity index (χ3v) is 5.84. The van der Waals surface area contributed by atoms with E-state index in [0.29, 0.717) is 29.5 Å². The second-order valence-corrected chi connectivity index (χ2v) is 7.59. The highest BCUT2D eigenvalue weighted by Gasteiger charge is 2.33. The highest BCUT2D eigenvalue weighted by molar-refractivity contribution is 5.76. The lowest BCUT2D eigenvalue weighted by Gasteiger charge is -2.28. The van der Waals surface area contributed by atoms with Gasteiger partial charge in [0.05, 0.1) is 47.6 Å². The van der Waals surface area contributed by atoms with Gasteiger partial charge < -0.3 is 33.9 Å². The predicted molar refractivity (Wildman–Crippen MR) is 121 cm³/mol. The molecule has 1 saturated heterocycles. The van der Waals surface area contributed by atoms with Gasteiger partial charge in [0, 0.05) is 18.2 Å². The summed E-state index contributed by atoms with van der Waals surface area (Å²) in [5, 5.41) is 3.11. The summed E-state index contributed by atoms with van der Waals surface area (Å²) in [5.41, 5.74) is 1.83. The Bertz CT molecular complexity index is 923. The van der Waals surface area contributed by atoms with Gasteiger partial charge in [0.25, 0.3) is 0 Å². The number of rotatable bonds is 8. The van der Waals surface area contributed by atoms with Gasteiger partial charge in [0.15, 0.2) is 11.5 Å². The van der Waals surface area contributed by atoms with Crippen LogP contribution in [0.5, 0.6) is 28.7 Å². The fourth-order valence-corrected chi connectivity index (χ4v) is 4.13. The van der Waals surface area contributed by atoms with Crippen molar-refractivity contribution in [3.05, 3.63) is 41.5 Å². The molecule has 1 aliphatic rings. The molecule has 1 N–H and O–H groups in total. The minimum Gasteiger partial charge on any atom is -0.497 e. The molecule has 8 heteroatoms. The van der Waals surface area contributed by atoms with Crippen LogP contribution >= 0.6 is 0 Å². The van der Waals surface area contributed by atoms with Crippen molar-refractivity contribution in [2.24, 2.45) is 0 Å². The van der Waals surface area contributed by atoms with E-state index in [1.165, 1.54) is 0 Å². The third kappa shape index (κ3) is 4.64. The van der Waals surface area contributed by atoms with Crippen molar-refractivity contribution in [2.75, 3.05) is 42.1 Å². The Labute approximate surface area is 189 Å². The molecule has 32 heavy (non-hydrogen) atoms. The Morgan fingerprint density at radius 2 is 1.59 bits per heavy atom. The molecule has 1 heterocycles. The van der Waals surface area contributed by atoms with Crippen molar-refractivity contribution < 1.29 is 28.5 Å². The van der Waals surface area contributed by atoms with Crippen LogP contribution in [0, 0.1) is 0 Å². The Morgan fingerprint density at radius 1 is 0.938 bits per heavy atom. The molecule has 2 atom stereocenters. The van der Waals surface area contributed by atoms with Crippen LogP contribution in [0.3, 0.4) is 0 Å². The largest absolute Gasteiger partial charge is 0.497 e. The normalized spacial score (nSPS) is 16.3. The lowest BCUT2D eigenvalue weighted by atomic mass is 10.0. The van der Waals surface area contributed by atoms with Crippen molar-refractivity contribution in [3.8, 4) is 28.7 Å². The molecule has 0 radical (unpaired) electrons.